The van der Waals surface area contributed by atoms with E-state index in [4.69, 9.17) is 4.42 Å². The lowest BCUT2D eigenvalue weighted by molar-refractivity contribution is 0.657. The van der Waals surface area contributed by atoms with Crippen LogP contribution in [0.1, 0.15) is 11.3 Å². The van der Waals surface area contributed by atoms with Crippen LogP contribution < -0.4 is 5.32 Å². The number of para-hydroxylation sites is 1. The molecule has 0 amide bonds. The third kappa shape index (κ3) is 3.20. The summed E-state index contributed by atoms with van der Waals surface area (Å²) in [6.45, 7) is 0. The van der Waals surface area contributed by atoms with Gasteiger partial charge in [0.25, 0.3) is 0 Å². The Hall–Kier alpha value is -3.67. The molecule has 3 aromatic heterocycles. The highest BCUT2D eigenvalue weighted by atomic mass is 16.3. The van der Waals surface area contributed by atoms with Gasteiger partial charge < -0.3 is 14.7 Å². The van der Waals surface area contributed by atoms with Crippen LogP contribution in [-0.2, 0) is 12.8 Å². The Labute approximate surface area is 161 Å². The number of anilines is 1. The van der Waals surface area contributed by atoms with Crippen molar-refractivity contribution < 1.29 is 4.42 Å². The van der Waals surface area contributed by atoms with Crippen LogP contribution in [0.4, 0.5) is 5.82 Å². The zero-order chi connectivity index (χ0) is 18.8. The molecule has 0 radical (unpaired) electrons. The lowest BCUT2D eigenvalue weighted by atomic mass is 10.0. The summed E-state index contributed by atoms with van der Waals surface area (Å²) in [7, 11) is 0. The zero-order valence-corrected chi connectivity index (χ0v) is 15.2. The van der Waals surface area contributed by atoms with E-state index in [0.717, 1.165) is 35.0 Å². The van der Waals surface area contributed by atoms with E-state index in [0.29, 0.717) is 11.4 Å². The molecule has 2 aromatic carbocycles. The first-order valence-corrected chi connectivity index (χ1v) is 9.27. The van der Waals surface area contributed by atoms with Gasteiger partial charge in [0.1, 0.15) is 17.4 Å². The van der Waals surface area contributed by atoms with Gasteiger partial charge in [-0.1, -0.05) is 42.5 Å². The van der Waals surface area contributed by atoms with Crippen molar-refractivity contribution in [2.24, 2.45) is 0 Å². The number of hydrogen-bond acceptors (Lipinski definition) is 5. The fourth-order valence-electron chi connectivity index (χ4n) is 3.55. The number of nitrogens with zero attached hydrogens (tertiary/aromatic N) is 3. The topological polar surface area (TPSA) is 79.6 Å². The maximum absolute atomic E-state index is 6.06. The lowest BCUT2D eigenvalue weighted by Gasteiger charge is -2.19. The molecule has 6 heteroatoms. The molecule has 138 valence electrons. The van der Waals surface area contributed by atoms with E-state index in [1.54, 1.807) is 12.7 Å². The number of hydrogen-bond donors (Lipinski definition) is 2. The van der Waals surface area contributed by atoms with Crippen LogP contribution in [0.15, 0.2) is 77.9 Å². The number of nitrogens with one attached hydrogen (secondary N) is 2. The number of imidazole rings is 1. The normalized spacial score (nSPS) is 12.4. The number of fused-ring (bicyclic) bond motifs is 3. The number of H-pyrrole nitrogens is 1. The Bertz CT molecular complexity index is 1200. The van der Waals surface area contributed by atoms with E-state index in [1.165, 1.54) is 5.56 Å². The van der Waals surface area contributed by atoms with Gasteiger partial charge in [-0.15, -0.1) is 0 Å². The summed E-state index contributed by atoms with van der Waals surface area (Å²) < 4.78 is 6.06. The Morgan fingerprint density at radius 1 is 0.964 bits per heavy atom. The quantitative estimate of drug-likeness (QED) is 0.465. The first-order valence-electron chi connectivity index (χ1n) is 9.27. The number of rotatable bonds is 6. The minimum absolute atomic E-state index is 0.120. The van der Waals surface area contributed by atoms with Crippen molar-refractivity contribution in [1.29, 1.82) is 0 Å². The standard InChI is InChI=1S/C22H19N5O/c1-2-6-15(7-3-1)10-16(11-17-12-23-13-24-17)27-22-21-20(25-14-26-22)18-8-4-5-9-19(18)28-21/h1-9,12-14,16H,10-11H2,(H,23,24)(H,25,26,27)/t16-/m1/s1. The van der Waals surface area contributed by atoms with Gasteiger partial charge in [-0.25, -0.2) is 15.0 Å². The summed E-state index contributed by atoms with van der Waals surface area (Å²) in [4.78, 5) is 16.2. The van der Waals surface area contributed by atoms with Crippen molar-refractivity contribution in [3.05, 3.63) is 84.7 Å². The van der Waals surface area contributed by atoms with Gasteiger partial charge >= 0.3 is 0 Å². The molecule has 28 heavy (non-hydrogen) atoms. The van der Waals surface area contributed by atoms with Crippen LogP contribution in [0, 0.1) is 0 Å². The molecule has 0 aliphatic carbocycles. The minimum Gasteiger partial charge on any atom is -0.450 e. The highest BCUT2D eigenvalue weighted by molar-refractivity contribution is 6.05. The van der Waals surface area contributed by atoms with Gasteiger partial charge in [-0.05, 0) is 24.1 Å². The van der Waals surface area contributed by atoms with Gasteiger partial charge in [0.05, 0.1) is 6.33 Å². The Kier molecular flexibility index (Phi) is 4.21. The Morgan fingerprint density at radius 3 is 2.68 bits per heavy atom. The van der Waals surface area contributed by atoms with E-state index < -0.39 is 0 Å². The summed E-state index contributed by atoms with van der Waals surface area (Å²) in [5.41, 5.74) is 4.66. The molecular formula is C22H19N5O. The maximum Gasteiger partial charge on any atom is 0.196 e. The SMILES string of the molecule is c1ccc(C[C@H](Cc2cnc[nH]2)Nc2ncnc3c2oc2ccccc23)cc1. The predicted molar refractivity (Wildman–Crippen MR) is 109 cm³/mol. The van der Waals surface area contributed by atoms with Crippen LogP contribution >= 0.6 is 0 Å². The molecule has 5 rings (SSSR count). The van der Waals surface area contributed by atoms with Crippen molar-refractivity contribution in [2.75, 3.05) is 5.32 Å². The first-order chi connectivity index (χ1) is 13.9. The molecule has 0 aliphatic rings. The first kappa shape index (κ1) is 16.5. The maximum atomic E-state index is 6.06. The molecule has 1 atom stereocenters. The van der Waals surface area contributed by atoms with Crippen molar-refractivity contribution in [3.8, 4) is 0 Å². The third-order valence-electron chi connectivity index (χ3n) is 4.84. The molecule has 0 unspecified atom stereocenters. The second-order valence-corrected chi connectivity index (χ2v) is 6.81. The second kappa shape index (κ2) is 7.15. The molecule has 2 N–H and O–H groups in total. The van der Waals surface area contributed by atoms with E-state index in [-0.39, 0.29) is 6.04 Å². The molecule has 0 aliphatic heterocycles. The fourth-order valence-corrected chi connectivity index (χ4v) is 3.55. The highest BCUT2D eigenvalue weighted by Crippen LogP contribution is 2.30. The number of aromatic nitrogens is 4. The van der Waals surface area contributed by atoms with Crippen molar-refractivity contribution in [1.82, 2.24) is 19.9 Å². The van der Waals surface area contributed by atoms with Gasteiger partial charge in [0, 0.05) is 29.7 Å². The van der Waals surface area contributed by atoms with Crippen LogP contribution in [-0.4, -0.2) is 26.0 Å². The molecule has 5 aromatic rings. The summed E-state index contributed by atoms with van der Waals surface area (Å²) in [6.07, 6.45) is 6.79. The molecule has 6 nitrogen and oxygen atoms in total. The number of furan rings is 1. The molecule has 0 saturated carbocycles. The molecule has 0 spiro atoms. The zero-order valence-electron chi connectivity index (χ0n) is 15.2. The fraction of sp³-hybridized carbons (Fsp3) is 0.136. The summed E-state index contributed by atoms with van der Waals surface area (Å²) >= 11 is 0. The van der Waals surface area contributed by atoms with E-state index >= 15 is 0 Å². The number of benzene rings is 2. The average molecular weight is 369 g/mol. The summed E-state index contributed by atoms with van der Waals surface area (Å²) in [5.74, 6) is 0.710. The van der Waals surface area contributed by atoms with Crippen LogP contribution in [0.3, 0.4) is 0 Å². The van der Waals surface area contributed by atoms with Crippen LogP contribution in [0.25, 0.3) is 22.1 Å². The molecule has 3 heterocycles. The van der Waals surface area contributed by atoms with Crippen LogP contribution in [0.2, 0.25) is 0 Å². The van der Waals surface area contributed by atoms with Crippen molar-refractivity contribution in [2.45, 2.75) is 18.9 Å². The smallest absolute Gasteiger partial charge is 0.196 e. The van der Waals surface area contributed by atoms with E-state index in [9.17, 15) is 0 Å². The molecule has 0 bridgehead atoms. The Morgan fingerprint density at radius 2 is 1.82 bits per heavy atom. The molecule has 0 saturated heterocycles. The van der Waals surface area contributed by atoms with E-state index in [2.05, 4.69) is 49.5 Å². The summed E-state index contributed by atoms with van der Waals surface area (Å²) in [5, 5.41) is 4.57. The van der Waals surface area contributed by atoms with Crippen molar-refractivity contribution in [3.63, 3.8) is 0 Å². The van der Waals surface area contributed by atoms with Gasteiger partial charge in [-0.3, -0.25) is 0 Å². The minimum atomic E-state index is 0.120. The second-order valence-electron chi connectivity index (χ2n) is 6.81. The highest BCUT2D eigenvalue weighted by Gasteiger charge is 2.17. The summed E-state index contributed by atoms with van der Waals surface area (Å²) in [6, 6.07) is 18.5. The van der Waals surface area contributed by atoms with Gasteiger partial charge in [0.15, 0.2) is 11.4 Å². The van der Waals surface area contributed by atoms with Crippen molar-refractivity contribution >= 4 is 27.9 Å². The van der Waals surface area contributed by atoms with Crippen LogP contribution in [0.5, 0.6) is 0 Å². The third-order valence-corrected chi connectivity index (χ3v) is 4.84. The van der Waals surface area contributed by atoms with Gasteiger partial charge in [-0.2, -0.15) is 0 Å². The number of aromatic amines is 1. The average Bonchev–Trinajstić information content (AvgIpc) is 3.37. The lowest BCUT2D eigenvalue weighted by Crippen LogP contribution is -2.26. The largest absolute Gasteiger partial charge is 0.450 e. The Balaban J connectivity index is 1.51. The predicted octanol–water partition coefficient (Wildman–Crippen LogP) is 4.37. The van der Waals surface area contributed by atoms with Gasteiger partial charge in [0.2, 0.25) is 0 Å². The molecule has 0 fully saturated rings. The monoisotopic (exact) mass is 369 g/mol. The van der Waals surface area contributed by atoms with E-state index in [1.807, 2.05) is 36.5 Å². The molecular weight excluding hydrogens is 350 g/mol.